The Morgan fingerprint density at radius 3 is 2.36 bits per heavy atom. The fraction of sp³-hybridized carbons (Fsp3) is 0.158. The van der Waals surface area contributed by atoms with E-state index in [-0.39, 0.29) is 0 Å². The number of hydrogen-bond donors (Lipinski definition) is 0. The van der Waals surface area contributed by atoms with Gasteiger partial charge in [-0.05, 0) is 48.6 Å². The Morgan fingerprint density at radius 1 is 0.955 bits per heavy atom. The van der Waals surface area contributed by atoms with Gasteiger partial charge in [0.1, 0.15) is 0 Å². The highest BCUT2D eigenvalue weighted by Crippen LogP contribution is 2.24. The van der Waals surface area contributed by atoms with Crippen LogP contribution in [-0.4, -0.2) is 11.7 Å². The van der Waals surface area contributed by atoms with E-state index < -0.39 is 5.97 Å². The fourth-order valence-electron chi connectivity index (χ4n) is 2.48. The summed E-state index contributed by atoms with van der Waals surface area (Å²) in [6.07, 6.45) is 4.97. The van der Waals surface area contributed by atoms with E-state index in [2.05, 4.69) is 23.4 Å². The molecule has 0 amide bonds. The number of carbonyl (C=O) groups is 1. The van der Waals surface area contributed by atoms with Crippen molar-refractivity contribution in [3.8, 4) is 0 Å². The van der Waals surface area contributed by atoms with Gasteiger partial charge in [-0.3, -0.25) is 0 Å². The van der Waals surface area contributed by atoms with Crippen LogP contribution in [0.2, 0.25) is 0 Å². The number of hydrogen-bond acceptors (Lipinski definition) is 3. The molecular weight excluding hydrogens is 274 g/mol. The molecule has 0 aromatic heterocycles. The minimum Gasteiger partial charge on any atom is -0.313 e. The van der Waals surface area contributed by atoms with Crippen molar-refractivity contribution in [1.29, 1.82) is 0 Å². The Balaban J connectivity index is 1.73. The van der Waals surface area contributed by atoms with Crippen LogP contribution in [0.5, 0.6) is 0 Å². The van der Waals surface area contributed by atoms with Gasteiger partial charge in [-0.15, -0.1) is 0 Å². The minimum absolute atomic E-state index is 0.418. The summed E-state index contributed by atoms with van der Waals surface area (Å²) in [5, 5.41) is 4.08. The monoisotopic (exact) mass is 291 g/mol. The molecular formula is C19H17NO2. The second kappa shape index (κ2) is 6.85. The summed E-state index contributed by atoms with van der Waals surface area (Å²) >= 11 is 0. The molecule has 1 aliphatic rings. The van der Waals surface area contributed by atoms with Crippen LogP contribution in [-0.2, 0) is 4.84 Å². The Morgan fingerprint density at radius 2 is 1.64 bits per heavy atom. The molecule has 3 nitrogen and oxygen atoms in total. The maximum atomic E-state index is 11.9. The van der Waals surface area contributed by atoms with Crippen molar-refractivity contribution in [3.05, 3.63) is 77.4 Å². The van der Waals surface area contributed by atoms with Gasteiger partial charge in [-0.25, -0.2) is 4.79 Å². The standard InChI is InChI=1S/C19H17NO2/c21-19(16-10-5-2-6-11-16)22-20-18-13-7-12-17(18)14-15-8-3-1-4-9-15/h1-6,8-11,14H,7,12-13H2/b17-14+,20-18+. The van der Waals surface area contributed by atoms with Crippen molar-refractivity contribution >= 4 is 17.8 Å². The lowest BCUT2D eigenvalue weighted by atomic mass is 10.1. The predicted molar refractivity (Wildman–Crippen MR) is 87.6 cm³/mol. The minimum atomic E-state index is -0.418. The third-order valence-electron chi connectivity index (χ3n) is 3.62. The molecule has 0 saturated heterocycles. The molecule has 3 rings (SSSR count). The molecule has 0 spiro atoms. The smallest absolute Gasteiger partial charge is 0.313 e. The molecule has 0 bridgehead atoms. The molecule has 22 heavy (non-hydrogen) atoms. The number of carbonyl (C=O) groups excluding carboxylic acids is 1. The van der Waals surface area contributed by atoms with Crippen LogP contribution in [0, 0.1) is 0 Å². The van der Waals surface area contributed by atoms with Gasteiger partial charge in [0.25, 0.3) is 0 Å². The van der Waals surface area contributed by atoms with Gasteiger partial charge >= 0.3 is 5.97 Å². The Kier molecular flexibility index (Phi) is 4.44. The summed E-state index contributed by atoms with van der Waals surface area (Å²) in [4.78, 5) is 17.0. The van der Waals surface area contributed by atoms with Crippen LogP contribution in [0.1, 0.15) is 35.2 Å². The van der Waals surface area contributed by atoms with Crippen LogP contribution in [0.15, 0.2) is 71.4 Å². The number of allylic oxidation sites excluding steroid dienone is 1. The molecule has 1 aliphatic carbocycles. The van der Waals surface area contributed by atoms with Gasteiger partial charge in [0.2, 0.25) is 0 Å². The molecule has 1 saturated carbocycles. The van der Waals surface area contributed by atoms with Crippen LogP contribution in [0.4, 0.5) is 0 Å². The van der Waals surface area contributed by atoms with Crippen LogP contribution in [0.25, 0.3) is 6.08 Å². The zero-order valence-electron chi connectivity index (χ0n) is 12.2. The van der Waals surface area contributed by atoms with Crippen LogP contribution in [0.3, 0.4) is 0 Å². The second-order valence-electron chi connectivity index (χ2n) is 5.22. The SMILES string of the molecule is O=C(O/N=C1\CCC\C1=C/c1ccccc1)c1ccccc1. The van der Waals surface area contributed by atoms with Gasteiger partial charge < -0.3 is 4.84 Å². The van der Waals surface area contributed by atoms with Crippen LogP contribution < -0.4 is 0 Å². The fourth-order valence-corrected chi connectivity index (χ4v) is 2.48. The average Bonchev–Trinajstić information content (AvgIpc) is 3.01. The van der Waals surface area contributed by atoms with E-state index >= 15 is 0 Å². The summed E-state index contributed by atoms with van der Waals surface area (Å²) < 4.78 is 0. The lowest BCUT2D eigenvalue weighted by molar-refractivity contribution is 0.0516. The first-order chi connectivity index (χ1) is 10.8. The van der Waals surface area contributed by atoms with E-state index in [1.54, 1.807) is 24.3 Å². The molecule has 3 heteroatoms. The average molecular weight is 291 g/mol. The first-order valence-corrected chi connectivity index (χ1v) is 7.42. The highest BCUT2D eigenvalue weighted by molar-refractivity contribution is 6.05. The highest BCUT2D eigenvalue weighted by atomic mass is 16.7. The third kappa shape index (κ3) is 3.50. The largest absolute Gasteiger partial charge is 0.365 e. The van der Waals surface area contributed by atoms with Crippen molar-refractivity contribution in [2.45, 2.75) is 19.3 Å². The van der Waals surface area contributed by atoms with Gasteiger partial charge in [0.15, 0.2) is 0 Å². The summed E-state index contributed by atoms with van der Waals surface area (Å²) in [5.41, 5.74) is 3.67. The number of benzene rings is 2. The van der Waals surface area contributed by atoms with Gasteiger partial charge in [0, 0.05) is 0 Å². The van der Waals surface area contributed by atoms with E-state index in [1.165, 1.54) is 0 Å². The zero-order valence-corrected chi connectivity index (χ0v) is 12.2. The van der Waals surface area contributed by atoms with Crippen LogP contribution >= 0.6 is 0 Å². The van der Waals surface area contributed by atoms with E-state index in [0.29, 0.717) is 5.56 Å². The molecule has 0 atom stereocenters. The normalized spacial score (nSPS) is 17.8. The third-order valence-corrected chi connectivity index (χ3v) is 3.62. The Hall–Kier alpha value is -2.68. The summed E-state index contributed by atoms with van der Waals surface area (Å²) in [6.45, 7) is 0. The van der Waals surface area contributed by atoms with Crippen molar-refractivity contribution in [3.63, 3.8) is 0 Å². The highest BCUT2D eigenvalue weighted by Gasteiger charge is 2.17. The lowest BCUT2D eigenvalue weighted by Crippen LogP contribution is -2.03. The molecule has 2 aromatic carbocycles. The predicted octanol–water partition coefficient (Wildman–Crippen LogP) is 4.47. The molecule has 110 valence electrons. The van der Waals surface area contributed by atoms with Crippen molar-refractivity contribution < 1.29 is 9.63 Å². The van der Waals surface area contributed by atoms with E-state index in [9.17, 15) is 4.79 Å². The number of rotatable bonds is 3. The second-order valence-corrected chi connectivity index (χ2v) is 5.22. The Bertz CT molecular complexity index is 703. The molecule has 0 aliphatic heterocycles. The first kappa shape index (κ1) is 14.3. The van der Waals surface area contributed by atoms with Crippen molar-refractivity contribution in [2.24, 2.45) is 5.16 Å². The maximum absolute atomic E-state index is 11.9. The number of nitrogens with zero attached hydrogens (tertiary/aromatic N) is 1. The molecule has 1 fully saturated rings. The van der Waals surface area contributed by atoms with E-state index in [0.717, 1.165) is 36.1 Å². The van der Waals surface area contributed by atoms with Gasteiger partial charge in [-0.1, -0.05) is 53.7 Å². The molecule has 0 heterocycles. The van der Waals surface area contributed by atoms with E-state index in [1.807, 2.05) is 24.3 Å². The maximum Gasteiger partial charge on any atom is 0.365 e. The van der Waals surface area contributed by atoms with Crippen molar-refractivity contribution in [2.75, 3.05) is 0 Å². The quantitative estimate of drug-likeness (QED) is 0.618. The zero-order chi connectivity index (χ0) is 15.2. The topological polar surface area (TPSA) is 38.7 Å². The molecule has 0 unspecified atom stereocenters. The summed E-state index contributed by atoms with van der Waals surface area (Å²) in [5.74, 6) is -0.418. The lowest BCUT2D eigenvalue weighted by Gasteiger charge is -2.02. The first-order valence-electron chi connectivity index (χ1n) is 7.42. The van der Waals surface area contributed by atoms with Gasteiger partial charge in [-0.2, -0.15) is 0 Å². The van der Waals surface area contributed by atoms with E-state index in [4.69, 9.17) is 4.84 Å². The number of oxime groups is 1. The molecule has 0 radical (unpaired) electrons. The summed E-state index contributed by atoms with van der Waals surface area (Å²) in [7, 11) is 0. The van der Waals surface area contributed by atoms with Gasteiger partial charge in [0.05, 0.1) is 11.3 Å². The Labute approximate surface area is 129 Å². The summed E-state index contributed by atoms with van der Waals surface area (Å²) in [6, 6.07) is 19.0. The molecule has 2 aromatic rings. The van der Waals surface area contributed by atoms with Crippen molar-refractivity contribution in [1.82, 2.24) is 0 Å². The molecule has 0 N–H and O–H groups in total.